The van der Waals surface area contributed by atoms with Crippen LogP contribution in [0.2, 0.25) is 0 Å². The Hall–Kier alpha value is -0.370. The number of nitrogens with zero attached hydrogens (tertiary/aromatic N) is 1. The molecule has 2 heteroatoms. The highest BCUT2D eigenvalue weighted by Gasteiger charge is 2.33. The van der Waals surface area contributed by atoms with Gasteiger partial charge in [-0.25, -0.2) is 4.58 Å². The summed E-state index contributed by atoms with van der Waals surface area (Å²) in [6.45, 7) is 3.48. The van der Waals surface area contributed by atoms with E-state index in [1.54, 1.807) is 0 Å². The molecule has 0 aromatic heterocycles. The predicted molar refractivity (Wildman–Crippen MR) is 37.1 cm³/mol. The lowest BCUT2D eigenvalue weighted by atomic mass is 10.4. The molecule has 0 atom stereocenters. The number of hydrogen-bond acceptors (Lipinski definition) is 1. The lowest BCUT2D eigenvalue weighted by Crippen LogP contribution is -2.36. The molecule has 0 aromatic rings. The molecule has 0 unspecified atom stereocenters. The van der Waals surface area contributed by atoms with Crippen LogP contribution in [0.1, 0.15) is 12.8 Å². The van der Waals surface area contributed by atoms with Crippen molar-refractivity contribution in [3.05, 3.63) is 0 Å². The molecule has 9 heavy (non-hydrogen) atoms. The van der Waals surface area contributed by atoms with Gasteiger partial charge in [0.2, 0.25) is 0 Å². The SMILES string of the molecule is C1=[N+](C2CC2)CCNC1. The molecule has 0 bridgehead atoms. The average molecular weight is 125 g/mol. The van der Waals surface area contributed by atoms with E-state index in [1.165, 1.54) is 25.9 Å². The zero-order valence-electron chi connectivity index (χ0n) is 5.64. The van der Waals surface area contributed by atoms with Crippen molar-refractivity contribution in [1.82, 2.24) is 5.32 Å². The predicted octanol–water partition coefficient (Wildman–Crippen LogP) is -0.165. The van der Waals surface area contributed by atoms with E-state index < -0.39 is 0 Å². The maximum atomic E-state index is 3.30. The standard InChI is InChI=1S/C7H13N2/c1-2-7(1)9-5-3-8-4-6-9/h5,7-8H,1-4,6H2/q+1. The van der Waals surface area contributed by atoms with Gasteiger partial charge in [0, 0.05) is 12.8 Å². The van der Waals surface area contributed by atoms with E-state index in [1.807, 2.05) is 0 Å². The highest BCUT2D eigenvalue weighted by molar-refractivity contribution is 5.54. The Morgan fingerprint density at radius 3 is 2.89 bits per heavy atom. The largest absolute Gasteiger partial charge is 0.302 e. The van der Waals surface area contributed by atoms with Gasteiger partial charge in [-0.3, -0.25) is 0 Å². The fourth-order valence-corrected chi connectivity index (χ4v) is 1.32. The third-order valence-electron chi connectivity index (χ3n) is 2.03. The molecular weight excluding hydrogens is 112 g/mol. The fourth-order valence-electron chi connectivity index (χ4n) is 1.32. The molecular formula is C7H13N2+. The zero-order chi connectivity index (χ0) is 6.10. The summed E-state index contributed by atoms with van der Waals surface area (Å²) < 4.78 is 2.48. The minimum absolute atomic E-state index is 0.923. The number of nitrogens with one attached hydrogen (secondary N) is 1. The molecule has 2 rings (SSSR count). The Morgan fingerprint density at radius 2 is 2.33 bits per heavy atom. The third-order valence-corrected chi connectivity index (χ3v) is 2.03. The van der Waals surface area contributed by atoms with Crippen LogP contribution in [0.15, 0.2) is 0 Å². The molecule has 0 amide bonds. The van der Waals surface area contributed by atoms with Crippen LogP contribution in [-0.4, -0.2) is 36.5 Å². The van der Waals surface area contributed by atoms with Crippen molar-refractivity contribution >= 4 is 6.21 Å². The summed E-state index contributed by atoms with van der Waals surface area (Å²) in [4.78, 5) is 0. The smallest absolute Gasteiger partial charge is 0.155 e. The van der Waals surface area contributed by atoms with Gasteiger partial charge in [-0.2, -0.15) is 0 Å². The van der Waals surface area contributed by atoms with Crippen LogP contribution >= 0.6 is 0 Å². The summed E-state index contributed by atoms with van der Waals surface area (Å²) in [5.74, 6) is 0. The summed E-state index contributed by atoms with van der Waals surface area (Å²) in [6.07, 6.45) is 5.15. The van der Waals surface area contributed by atoms with Crippen LogP contribution in [0, 0.1) is 0 Å². The van der Waals surface area contributed by atoms with Crippen LogP contribution < -0.4 is 5.32 Å². The van der Waals surface area contributed by atoms with Crippen LogP contribution in [0.3, 0.4) is 0 Å². The summed E-state index contributed by atoms with van der Waals surface area (Å²) in [5.41, 5.74) is 0. The third kappa shape index (κ3) is 1.13. The first-order valence-corrected chi connectivity index (χ1v) is 3.76. The van der Waals surface area contributed by atoms with E-state index in [-0.39, 0.29) is 0 Å². The summed E-state index contributed by atoms with van der Waals surface area (Å²) in [7, 11) is 0. The topological polar surface area (TPSA) is 15.0 Å². The first-order valence-electron chi connectivity index (χ1n) is 3.76. The number of rotatable bonds is 1. The first kappa shape index (κ1) is 5.42. The molecule has 0 spiro atoms. The van der Waals surface area contributed by atoms with Gasteiger partial charge in [0.15, 0.2) is 18.8 Å². The first-order chi connectivity index (χ1) is 4.47. The van der Waals surface area contributed by atoms with Crippen LogP contribution in [-0.2, 0) is 0 Å². The fraction of sp³-hybridized carbons (Fsp3) is 0.857. The molecule has 1 aliphatic heterocycles. The second-order valence-corrected chi connectivity index (χ2v) is 2.86. The number of hydrogen-bond donors (Lipinski definition) is 1. The quantitative estimate of drug-likeness (QED) is 0.481. The lowest BCUT2D eigenvalue weighted by molar-refractivity contribution is -0.539. The maximum Gasteiger partial charge on any atom is 0.155 e. The van der Waals surface area contributed by atoms with Crippen LogP contribution in [0.5, 0.6) is 0 Å². The lowest BCUT2D eigenvalue weighted by Gasteiger charge is -2.07. The Kier molecular flexibility index (Phi) is 1.27. The highest BCUT2D eigenvalue weighted by Crippen LogP contribution is 2.22. The molecule has 1 fully saturated rings. The van der Waals surface area contributed by atoms with E-state index in [4.69, 9.17) is 0 Å². The zero-order valence-corrected chi connectivity index (χ0v) is 5.64. The second kappa shape index (κ2) is 2.10. The monoisotopic (exact) mass is 125 g/mol. The van der Waals surface area contributed by atoms with Crippen molar-refractivity contribution in [1.29, 1.82) is 0 Å². The normalized spacial score (nSPS) is 27.8. The molecule has 2 aliphatic rings. The molecule has 1 heterocycles. The van der Waals surface area contributed by atoms with Gasteiger partial charge in [0.25, 0.3) is 0 Å². The van der Waals surface area contributed by atoms with E-state index in [9.17, 15) is 0 Å². The van der Waals surface area contributed by atoms with Crippen molar-refractivity contribution in [3.8, 4) is 0 Å². The molecule has 0 radical (unpaired) electrons. The molecule has 1 saturated carbocycles. The van der Waals surface area contributed by atoms with Gasteiger partial charge in [-0.1, -0.05) is 0 Å². The minimum atomic E-state index is 0.923. The van der Waals surface area contributed by atoms with Crippen molar-refractivity contribution in [2.75, 3.05) is 19.6 Å². The van der Waals surface area contributed by atoms with Crippen LogP contribution in [0.4, 0.5) is 0 Å². The Bertz CT molecular complexity index is 136. The molecule has 1 N–H and O–H groups in total. The van der Waals surface area contributed by atoms with Gasteiger partial charge in [-0.05, 0) is 0 Å². The van der Waals surface area contributed by atoms with Gasteiger partial charge >= 0.3 is 0 Å². The van der Waals surface area contributed by atoms with Gasteiger partial charge < -0.3 is 5.32 Å². The Labute approximate surface area is 55.6 Å². The maximum absolute atomic E-state index is 3.30. The summed E-state index contributed by atoms with van der Waals surface area (Å²) >= 11 is 0. The second-order valence-electron chi connectivity index (χ2n) is 2.86. The van der Waals surface area contributed by atoms with Gasteiger partial charge in [0.05, 0.1) is 13.1 Å². The van der Waals surface area contributed by atoms with E-state index in [2.05, 4.69) is 16.1 Å². The van der Waals surface area contributed by atoms with Crippen LogP contribution in [0.25, 0.3) is 0 Å². The van der Waals surface area contributed by atoms with E-state index in [0.29, 0.717) is 0 Å². The highest BCUT2D eigenvalue weighted by atomic mass is 15.1. The average Bonchev–Trinajstić information content (AvgIpc) is 2.71. The molecule has 50 valence electrons. The molecule has 1 aliphatic carbocycles. The van der Waals surface area contributed by atoms with E-state index >= 15 is 0 Å². The van der Waals surface area contributed by atoms with Gasteiger partial charge in [-0.15, -0.1) is 0 Å². The van der Waals surface area contributed by atoms with Crippen molar-refractivity contribution in [2.45, 2.75) is 18.9 Å². The van der Waals surface area contributed by atoms with Crippen molar-refractivity contribution in [3.63, 3.8) is 0 Å². The molecule has 0 saturated heterocycles. The molecule has 2 nitrogen and oxygen atoms in total. The minimum Gasteiger partial charge on any atom is -0.302 e. The Balaban J connectivity index is 1.99. The van der Waals surface area contributed by atoms with Crippen molar-refractivity contribution < 1.29 is 4.58 Å². The summed E-state index contributed by atoms with van der Waals surface area (Å²) in [5, 5.41) is 3.30. The molecule has 0 aromatic carbocycles. The summed E-state index contributed by atoms with van der Waals surface area (Å²) in [6, 6.07) is 0.923. The van der Waals surface area contributed by atoms with Gasteiger partial charge in [0.1, 0.15) is 0 Å². The van der Waals surface area contributed by atoms with Crippen molar-refractivity contribution in [2.24, 2.45) is 0 Å². The Morgan fingerprint density at radius 1 is 1.44 bits per heavy atom. The van der Waals surface area contributed by atoms with E-state index in [0.717, 1.165) is 12.6 Å².